The molecular formula is C23H35N5O3S2. The van der Waals surface area contributed by atoms with Gasteiger partial charge in [0.25, 0.3) is 5.91 Å². The minimum Gasteiger partial charge on any atom is -0.345 e. The van der Waals surface area contributed by atoms with Crippen LogP contribution in [-0.2, 0) is 17.1 Å². The summed E-state index contributed by atoms with van der Waals surface area (Å²) in [6, 6.07) is 1.73. The maximum absolute atomic E-state index is 13.4. The predicted octanol–water partition coefficient (Wildman–Crippen LogP) is 2.96. The Morgan fingerprint density at radius 3 is 2.36 bits per heavy atom. The maximum atomic E-state index is 13.4. The Kier molecular flexibility index (Phi) is 7.00. The van der Waals surface area contributed by atoms with Crippen LogP contribution in [0.25, 0.3) is 10.7 Å². The summed E-state index contributed by atoms with van der Waals surface area (Å²) in [6.45, 7) is 13.0. The van der Waals surface area contributed by atoms with Gasteiger partial charge in [0.2, 0.25) is 10.0 Å². The van der Waals surface area contributed by atoms with Crippen molar-refractivity contribution in [2.45, 2.75) is 45.4 Å². The molecule has 4 rings (SSSR count). The first-order valence-corrected chi connectivity index (χ1v) is 14.0. The van der Waals surface area contributed by atoms with Crippen molar-refractivity contribution in [2.75, 3.05) is 45.8 Å². The van der Waals surface area contributed by atoms with Crippen molar-refractivity contribution in [1.29, 1.82) is 0 Å². The minimum absolute atomic E-state index is 0.0377. The van der Waals surface area contributed by atoms with E-state index in [1.165, 1.54) is 11.3 Å². The highest BCUT2D eigenvalue weighted by Gasteiger charge is 2.32. The fourth-order valence-electron chi connectivity index (χ4n) is 4.62. The van der Waals surface area contributed by atoms with Crippen molar-refractivity contribution >= 4 is 27.3 Å². The molecule has 0 aromatic carbocycles. The third-order valence-electron chi connectivity index (χ3n) is 7.17. The molecule has 0 saturated carbocycles. The Hall–Kier alpha value is -1.75. The number of carbonyl (C=O) groups excluding carboxylic acids is 1. The second-order valence-corrected chi connectivity index (χ2v) is 12.2. The summed E-state index contributed by atoms with van der Waals surface area (Å²) in [6.07, 6.45) is 2.06. The number of sulfonamides is 1. The number of thiazole rings is 1. The van der Waals surface area contributed by atoms with Gasteiger partial charge in [-0.05, 0) is 45.2 Å². The molecule has 1 amide bonds. The van der Waals surface area contributed by atoms with Gasteiger partial charge in [-0.1, -0.05) is 13.8 Å². The number of hydrogen-bond donors (Lipinski definition) is 0. The van der Waals surface area contributed by atoms with E-state index in [2.05, 4.69) is 23.7 Å². The van der Waals surface area contributed by atoms with E-state index in [0.717, 1.165) is 51.3 Å². The zero-order valence-electron chi connectivity index (χ0n) is 20.3. The van der Waals surface area contributed by atoms with E-state index in [4.69, 9.17) is 0 Å². The summed E-state index contributed by atoms with van der Waals surface area (Å²) in [5.41, 5.74) is 2.13. The largest absolute Gasteiger partial charge is 0.345 e. The van der Waals surface area contributed by atoms with Gasteiger partial charge < -0.3 is 14.4 Å². The van der Waals surface area contributed by atoms with Crippen molar-refractivity contribution in [3.8, 4) is 10.7 Å². The number of likely N-dealkylation sites (tertiary alicyclic amines) is 1. The van der Waals surface area contributed by atoms with Gasteiger partial charge in [-0.25, -0.2) is 13.4 Å². The van der Waals surface area contributed by atoms with Crippen molar-refractivity contribution in [3.63, 3.8) is 0 Å². The highest BCUT2D eigenvalue weighted by molar-refractivity contribution is 7.89. The van der Waals surface area contributed by atoms with E-state index in [1.807, 2.05) is 30.4 Å². The zero-order chi connectivity index (χ0) is 23.9. The Labute approximate surface area is 201 Å². The number of aromatic nitrogens is 2. The molecule has 33 heavy (non-hydrogen) atoms. The summed E-state index contributed by atoms with van der Waals surface area (Å²) >= 11 is 1.36. The summed E-state index contributed by atoms with van der Waals surface area (Å²) in [4.78, 5) is 23.0. The molecule has 2 aliphatic rings. The average Bonchev–Trinajstić information content (AvgIpc) is 3.33. The van der Waals surface area contributed by atoms with E-state index < -0.39 is 10.0 Å². The van der Waals surface area contributed by atoms with Gasteiger partial charge in [-0.3, -0.25) is 4.79 Å². The molecule has 0 bridgehead atoms. The number of piperidine rings is 1. The molecule has 0 unspecified atom stereocenters. The molecule has 0 spiro atoms. The van der Waals surface area contributed by atoms with Crippen molar-refractivity contribution in [2.24, 2.45) is 13.0 Å². The standard InChI is InChI=1S/C23H35N5O3S2/c1-6-26-11-13-28(14-12-26)33(30,31)20-15-19(25(5)18(20)4)22-24-17(3)21(32-22)23(29)27-9-7-16(2)8-10-27/h15-16H,6-14H2,1-5H3. The lowest BCUT2D eigenvalue weighted by Crippen LogP contribution is -2.48. The Bertz CT molecular complexity index is 1120. The first-order chi connectivity index (χ1) is 15.6. The molecule has 0 aliphatic carbocycles. The van der Waals surface area contributed by atoms with Gasteiger partial charge in [-0.2, -0.15) is 4.31 Å². The molecule has 0 atom stereocenters. The number of aryl methyl sites for hydroxylation is 1. The predicted molar refractivity (Wildman–Crippen MR) is 131 cm³/mol. The molecular weight excluding hydrogens is 458 g/mol. The lowest BCUT2D eigenvalue weighted by atomic mass is 9.99. The maximum Gasteiger partial charge on any atom is 0.265 e. The van der Waals surface area contributed by atoms with Crippen LogP contribution in [0.4, 0.5) is 0 Å². The number of hydrogen-bond acceptors (Lipinski definition) is 6. The second-order valence-electron chi connectivity index (χ2n) is 9.28. The SMILES string of the molecule is CCN1CCN(S(=O)(=O)c2cc(-c3nc(C)c(C(=O)N4CCC(C)CC4)s3)n(C)c2C)CC1. The van der Waals surface area contributed by atoms with Crippen LogP contribution in [-0.4, -0.2) is 83.8 Å². The van der Waals surface area contributed by atoms with Crippen LogP contribution < -0.4 is 0 Å². The highest BCUT2D eigenvalue weighted by Crippen LogP contribution is 2.34. The summed E-state index contributed by atoms with van der Waals surface area (Å²) < 4.78 is 30.3. The van der Waals surface area contributed by atoms with E-state index in [9.17, 15) is 13.2 Å². The van der Waals surface area contributed by atoms with Gasteiger partial charge in [-0.15, -0.1) is 11.3 Å². The van der Waals surface area contributed by atoms with Gasteiger partial charge >= 0.3 is 0 Å². The summed E-state index contributed by atoms with van der Waals surface area (Å²) in [5.74, 6) is 0.694. The van der Waals surface area contributed by atoms with Gasteiger partial charge in [0, 0.05) is 52.0 Å². The molecule has 0 N–H and O–H groups in total. The molecule has 4 heterocycles. The molecule has 0 radical (unpaired) electrons. The summed E-state index contributed by atoms with van der Waals surface area (Å²) in [7, 11) is -1.72. The summed E-state index contributed by atoms with van der Waals surface area (Å²) in [5, 5.41) is 0.684. The van der Waals surface area contributed by atoms with Crippen LogP contribution in [0.3, 0.4) is 0 Å². The molecule has 2 saturated heterocycles. The second kappa shape index (κ2) is 9.48. The van der Waals surface area contributed by atoms with Crippen LogP contribution >= 0.6 is 11.3 Å². The molecule has 2 aromatic heterocycles. The van der Waals surface area contributed by atoms with E-state index in [-0.39, 0.29) is 5.91 Å². The topological polar surface area (TPSA) is 78.8 Å². The lowest BCUT2D eigenvalue weighted by molar-refractivity contribution is 0.0701. The molecule has 2 aliphatic heterocycles. The lowest BCUT2D eigenvalue weighted by Gasteiger charge is -2.33. The van der Waals surface area contributed by atoms with Crippen molar-refractivity contribution < 1.29 is 13.2 Å². The fraction of sp³-hybridized carbons (Fsp3) is 0.652. The molecule has 182 valence electrons. The number of rotatable bonds is 5. The van der Waals surface area contributed by atoms with Crippen LogP contribution in [0.2, 0.25) is 0 Å². The number of piperazine rings is 1. The number of likely N-dealkylation sites (N-methyl/N-ethyl adjacent to an activating group) is 1. The first-order valence-electron chi connectivity index (χ1n) is 11.8. The Morgan fingerprint density at radius 2 is 1.76 bits per heavy atom. The normalized spacial score (nSPS) is 19.4. The molecule has 2 aromatic rings. The average molecular weight is 494 g/mol. The highest BCUT2D eigenvalue weighted by atomic mass is 32.2. The first kappa shape index (κ1) is 24.4. The quantitative estimate of drug-likeness (QED) is 0.640. The van der Waals surface area contributed by atoms with Gasteiger partial charge in [0.05, 0.1) is 11.4 Å². The smallest absolute Gasteiger partial charge is 0.265 e. The van der Waals surface area contributed by atoms with E-state index >= 15 is 0 Å². The number of amides is 1. The van der Waals surface area contributed by atoms with Crippen molar-refractivity contribution in [3.05, 3.63) is 22.3 Å². The van der Waals surface area contributed by atoms with Crippen LogP contribution in [0.5, 0.6) is 0 Å². The Balaban J connectivity index is 1.61. The van der Waals surface area contributed by atoms with E-state index in [1.54, 1.807) is 10.4 Å². The van der Waals surface area contributed by atoms with Crippen LogP contribution in [0.15, 0.2) is 11.0 Å². The molecule has 8 nitrogen and oxygen atoms in total. The monoisotopic (exact) mass is 493 g/mol. The fourth-order valence-corrected chi connectivity index (χ4v) is 7.40. The van der Waals surface area contributed by atoms with Crippen molar-refractivity contribution in [1.82, 2.24) is 23.7 Å². The van der Waals surface area contributed by atoms with E-state index in [0.29, 0.717) is 45.2 Å². The number of carbonyl (C=O) groups is 1. The molecule has 10 heteroatoms. The molecule has 2 fully saturated rings. The van der Waals surface area contributed by atoms with Crippen LogP contribution in [0.1, 0.15) is 47.7 Å². The minimum atomic E-state index is -3.59. The van der Waals surface area contributed by atoms with Gasteiger partial charge in [0.1, 0.15) is 14.8 Å². The third-order valence-corrected chi connectivity index (χ3v) is 10.3. The zero-order valence-corrected chi connectivity index (χ0v) is 21.9. The third kappa shape index (κ3) is 4.62. The van der Waals surface area contributed by atoms with Gasteiger partial charge in [0.15, 0.2) is 0 Å². The number of nitrogens with zero attached hydrogens (tertiary/aromatic N) is 5. The van der Waals surface area contributed by atoms with Crippen LogP contribution in [0, 0.1) is 19.8 Å². The Morgan fingerprint density at radius 1 is 1.12 bits per heavy atom.